The van der Waals surface area contributed by atoms with Crippen LogP contribution in [0.1, 0.15) is 12.8 Å². The zero-order chi connectivity index (χ0) is 14.0. The van der Waals surface area contributed by atoms with Gasteiger partial charge in [0, 0.05) is 19.6 Å². The van der Waals surface area contributed by atoms with Crippen LogP contribution in [-0.4, -0.2) is 37.4 Å². The number of halogens is 3. The summed E-state index contributed by atoms with van der Waals surface area (Å²) in [6, 6.07) is 2.15. The van der Waals surface area contributed by atoms with Crippen LogP contribution < -0.4 is 10.2 Å². The number of nitrogens with zero attached hydrogens (tertiary/aromatic N) is 1. The number of aliphatic hydroxyl groups is 1. The van der Waals surface area contributed by atoms with Crippen LogP contribution in [0.15, 0.2) is 12.1 Å². The molecule has 106 valence electrons. The molecule has 0 spiro atoms. The van der Waals surface area contributed by atoms with Gasteiger partial charge in [-0.3, -0.25) is 0 Å². The first-order valence-electron chi connectivity index (χ1n) is 6.22. The van der Waals surface area contributed by atoms with Gasteiger partial charge in [-0.1, -0.05) is 0 Å². The second-order valence-electron chi connectivity index (χ2n) is 4.94. The van der Waals surface area contributed by atoms with Gasteiger partial charge in [0.1, 0.15) is 0 Å². The van der Waals surface area contributed by atoms with Crippen molar-refractivity contribution in [1.82, 2.24) is 5.32 Å². The molecule has 0 saturated carbocycles. The van der Waals surface area contributed by atoms with Crippen molar-refractivity contribution in [3.63, 3.8) is 0 Å². The molecule has 6 heteroatoms. The summed E-state index contributed by atoms with van der Waals surface area (Å²) in [5.41, 5.74) is -0.772. The summed E-state index contributed by atoms with van der Waals surface area (Å²) in [5, 5.41) is 13.1. The molecule has 3 nitrogen and oxygen atoms in total. The second kappa shape index (κ2) is 5.38. The quantitative estimate of drug-likeness (QED) is 0.823. The molecule has 1 aliphatic rings. The van der Waals surface area contributed by atoms with Gasteiger partial charge in [-0.25, -0.2) is 13.2 Å². The molecule has 1 heterocycles. The molecule has 1 aromatic carbocycles. The summed E-state index contributed by atoms with van der Waals surface area (Å²) in [6.07, 6.45) is 0.901. The monoisotopic (exact) mass is 274 g/mol. The molecular weight excluding hydrogens is 257 g/mol. The lowest BCUT2D eigenvalue weighted by Gasteiger charge is -2.39. The molecule has 1 fully saturated rings. The van der Waals surface area contributed by atoms with Crippen molar-refractivity contribution >= 4 is 5.69 Å². The fourth-order valence-corrected chi connectivity index (χ4v) is 2.43. The van der Waals surface area contributed by atoms with E-state index >= 15 is 0 Å². The third-order valence-electron chi connectivity index (χ3n) is 3.56. The first kappa shape index (κ1) is 14.1. The van der Waals surface area contributed by atoms with Gasteiger partial charge in [0.05, 0.1) is 11.3 Å². The highest BCUT2D eigenvalue weighted by molar-refractivity contribution is 5.49. The molecular formula is C13H17F3N2O. The first-order chi connectivity index (χ1) is 8.97. The van der Waals surface area contributed by atoms with E-state index < -0.39 is 23.1 Å². The van der Waals surface area contributed by atoms with Crippen molar-refractivity contribution in [3.05, 3.63) is 29.6 Å². The SMILES string of the molecule is CNCC1(O)CCN(c2ccc(F)c(F)c2F)CC1. The minimum absolute atomic E-state index is 0.0467. The lowest BCUT2D eigenvalue weighted by Crippen LogP contribution is -2.49. The maximum atomic E-state index is 13.7. The van der Waals surface area contributed by atoms with Crippen molar-refractivity contribution < 1.29 is 18.3 Å². The van der Waals surface area contributed by atoms with Crippen LogP contribution >= 0.6 is 0 Å². The van der Waals surface area contributed by atoms with Gasteiger partial charge < -0.3 is 15.3 Å². The number of piperidine rings is 1. The van der Waals surface area contributed by atoms with E-state index in [-0.39, 0.29) is 5.69 Å². The van der Waals surface area contributed by atoms with Crippen LogP contribution in [0, 0.1) is 17.5 Å². The van der Waals surface area contributed by atoms with Crippen LogP contribution in [0.5, 0.6) is 0 Å². The van der Waals surface area contributed by atoms with E-state index in [1.165, 1.54) is 6.07 Å². The predicted octanol–water partition coefficient (Wildman–Crippen LogP) is 1.65. The topological polar surface area (TPSA) is 35.5 Å². The molecule has 19 heavy (non-hydrogen) atoms. The second-order valence-corrected chi connectivity index (χ2v) is 4.94. The molecule has 0 aliphatic carbocycles. The third-order valence-corrected chi connectivity index (χ3v) is 3.56. The summed E-state index contributed by atoms with van der Waals surface area (Å²) in [5.74, 6) is -3.81. The Hall–Kier alpha value is -1.27. The van der Waals surface area contributed by atoms with E-state index in [0.29, 0.717) is 32.5 Å². The van der Waals surface area contributed by atoms with Crippen LogP contribution in [-0.2, 0) is 0 Å². The Morgan fingerprint density at radius 3 is 2.42 bits per heavy atom. The molecule has 0 atom stereocenters. The first-order valence-corrected chi connectivity index (χ1v) is 6.22. The molecule has 0 bridgehead atoms. The maximum absolute atomic E-state index is 13.7. The summed E-state index contributed by atoms with van der Waals surface area (Å²) >= 11 is 0. The number of likely N-dealkylation sites (N-methyl/N-ethyl adjacent to an activating group) is 1. The van der Waals surface area contributed by atoms with E-state index in [4.69, 9.17) is 0 Å². The number of nitrogens with one attached hydrogen (secondary N) is 1. The number of benzene rings is 1. The zero-order valence-corrected chi connectivity index (χ0v) is 10.7. The zero-order valence-electron chi connectivity index (χ0n) is 10.7. The summed E-state index contributed by atoms with van der Waals surface area (Å²) in [6.45, 7) is 1.27. The number of anilines is 1. The summed E-state index contributed by atoms with van der Waals surface area (Å²) < 4.78 is 39.7. The Morgan fingerprint density at radius 2 is 1.84 bits per heavy atom. The molecule has 0 amide bonds. The Bertz CT molecular complexity index is 459. The van der Waals surface area contributed by atoms with Gasteiger partial charge in [-0.15, -0.1) is 0 Å². The Labute approximate surface area is 110 Å². The molecule has 1 aromatic rings. The van der Waals surface area contributed by atoms with Crippen LogP contribution in [0.25, 0.3) is 0 Å². The Morgan fingerprint density at radius 1 is 1.21 bits per heavy atom. The van der Waals surface area contributed by atoms with Crippen molar-refractivity contribution in [2.75, 3.05) is 31.6 Å². The van der Waals surface area contributed by atoms with Crippen molar-refractivity contribution in [1.29, 1.82) is 0 Å². The normalized spacial score (nSPS) is 18.7. The molecule has 0 radical (unpaired) electrons. The van der Waals surface area contributed by atoms with Crippen molar-refractivity contribution in [2.24, 2.45) is 0 Å². The van der Waals surface area contributed by atoms with Crippen LogP contribution in [0.3, 0.4) is 0 Å². The minimum atomic E-state index is -1.45. The highest BCUT2D eigenvalue weighted by Gasteiger charge is 2.32. The van der Waals surface area contributed by atoms with Gasteiger partial charge in [0.25, 0.3) is 0 Å². The fourth-order valence-electron chi connectivity index (χ4n) is 2.43. The molecule has 1 aliphatic heterocycles. The van der Waals surface area contributed by atoms with Crippen LogP contribution in [0.2, 0.25) is 0 Å². The molecule has 2 N–H and O–H groups in total. The summed E-state index contributed by atoms with van der Waals surface area (Å²) in [7, 11) is 1.75. The van der Waals surface area contributed by atoms with E-state index in [1.54, 1.807) is 11.9 Å². The average Bonchev–Trinajstić information content (AvgIpc) is 2.38. The largest absolute Gasteiger partial charge is 0.388 e. The van der Waals surface area contributed by atoms with Gasteiger partial charge in [-0.2, -0.15) is 0 Å². The van der Waals surface area contributed by atoms with Crippen molar-refractivity contribution in [2.45, 2.75) is 18.4 Å². The smallest absolute Gasteiger partial charge is 0.196 e. The molecule has 2 rings (SSSR count). The maximum Gasteiger partial charge on any atom is 0.196 e. The van der Waals surface area contributed by atoms with E-state index in [2.05, 4.69) is 5.32 Å². The molecule has 0 aromatic heterocycles. The van der Waals surface area contributed by atoms with Gasteiger partial charge in [0.15, 0.2) is 17.5 Å². The fraction of sp³-hybridized carbons (Fsp3) is 0.538. The third kappa shape index (κ3) is 2.84. The lowest BCUT2D eigenvalue weighted by atomic mass is 9.91. The summed E-state index contributed by atoms with van der Waals surface area (Å²) in [4.78, 5) is 1.63. The number of rotatable bonds is 3. The highest BCUT2D eigenvalue weighted by Crippen LogP contribution is 2.29. The average molecular weight is 274 g/mol. The number of hydrogen-bond acceptors (Lipinski definition) is 3. The standard InChI is InChI=1S/C13H17F3N2O/c1-17-8-13(19)4-6-18(7-5-13)10-3-2-9(14)11(15)12(10)16/h2-3,17,19H,4-8H2,1H3. The van der Waals surface area contributed by atoms with Gasteiger partial charge >= 0.3 is 0 Å². The highest BCUT2D eigenvalue weighted by atomic mass is 19.2. The molecule has 1 saturated heterocycles. The van der Waals surface area contributed by atoms with Gasteiger partial charge in [-0.05, 0) is 32.0 Å². The Balaban J connectivity index is 2.12. The minimum Gasteiger partial charge on any atom is -0.388 e. The lowest BCUT2D eigenvalue weighted by molar-refractivity contribution is 0.0184. The van der Waals surface area contributed by atoms with Crippen LogP contribution in [0.4, 0.5) is 18.9 Å². The van der Waals surface area contributed by atoms with E-state index in [1.807, 2.05) is 0 Å². The van der Waals surface area contributed by atoms with E-state index in [9.17, 15) is 18.3 Å². The van der Waals surface area contributed by atoms with Gasteiger partial charge in [0.2, 0.25) is 0 Å². The predicted molar refractivity (Wildman–Crippen MR) is 66.6 cm³/mol. The van der Waals surface area contributed by atoms with E-state index in [0.717, 1.165) is 6.07 Å². The van der Waals surface area contributed by atoms with Crippen molar-refractivity contribution in [3.8, 4) is 0 Å². The number of hydrogen-bond donors (Lipinski definition) is 2. The molecule has 0 unspecified atom stereocenters. The Kier molecular flexibility index (Phi) is 4.01.